The average Bonchev–Trinajstić information content (AvgIpc) is 2.49. The minimum Gasteiger partial charge on any atom is -0.478 e. The van der Waals surface area contributed by atoms with Crippen molar-refractivity contribution in [2.45, 2.75) is 25.7 Å². The summed E-state index contributed by atoms with van der Waals surface area (Å²) in [6.45, 7) is 6.05. The number of carbonyl (C=O) groups is 2. The molecule has 0 saturated carbocycles. The molecule has 1 aliphatic rings. The van der Waals surface area contributed by atoms with Gasteiger partial charge in [0.1, 0.15) is 0 Å². The van der Waals surface area contributed by atoms with E-state index in [4.69, 9.17) is 5.11 Å². The molecule has 1 aliphatic heterocycles. The fraction of sp³-hybridized carbons (Fsp3) is 0.438. The topological polar surface area (TPSA) is 60.9 Å². The fourth-order valence-corrected chi connectivity index (χ4v) is 2.57. The van der Waals surface area contributed by atoms with Crippen LogP contribution < -0.4 is 0 Å². The Morgan fingerprint density at radius 3 is 2.55 bits per heavy atom. The Morgan fingerprint density at radius 2 is 1.95 bits per heavy atom. The van der Waals surface area contributed by atoms with Crippen LogP contribution in [0.1, 0.15) is 35.2 Å². The number of rotatable bonds is 6. The molecule has 1 fully saturated rings. The zero-order valence-electron chi connectivity index (χ0n) is 12.5. The molecule has 0 unspecified atom stereocenters. The predicted octanol–water partition coefficient (Wildman–Crippen LogP) is 1.99. The van der Waals surface area contributed by atoms with Crippen molar-refractivity contribution in [3.05, 3.63) is 42.3 Å². The molecule has 22 heavy (non-hydrogen) atoms. The maximum Gasteiger partial charge on any atom is 0.335 e. The Labute approximate surface area is 145 Å². The third-order valence-corrected chi connectivity index (χ3v) is 3.73. The van der Waals surface area contributed by atoms with Crippen molar-refractivity contribution >= 4 is 11.9 Å². The summed E-state index contributed by atoms with van der Waals surface area (Å²) >= 11 is 0. The molecule has 120 valence electrons. The van der Waals surface area contributed by atoms with Gasteiger partial charge in [-0.2, -0.15) is 0 Å². The molecule has 6 heteroatoms. The molecule has 0 spiro atoms. The molecule has 2 rings (SSSR count). The van der Waals surface area contributed by atoms with Crippen LogP contribution in [0.2, 0.25) is 0 Å². The van der Waals surface area contributed by atoms with E-state index in [2.05, 4.69) is 6.92 Å². The largest absolute Gasteiger partial charge is 0.478 e. The summed E-state index contributed by atoms with van der Waals surface area (Å²) in [5.74, 6) is -0.738. The first-order chi connectivity index (χ1) is 10.1. The number of carboxylic acids is 1. The van der Waals surface area contributed by atoms with Crippen molar-refractivity contribution in [1.82, 2.24) is 10.0 Å². The SMILES string of the molecule is [CH2-]CN1CCCC(=O)N1CCCc1ccc(C(=O)O)cc1.[W]. The minimum absolute atomic E-state index is 0. The van der Waals surface area contributed by atoms with Crippen LogP contribution in [-0.2, 0) is 32.3 Å². The summed E-state index contributed by atoms with van der Waals surface area (Å²) in [5.41, 5.74) is 1.39. The van der Waals surface area contributed by atoms with Gasteiger partial charge in [-0.25, -0.2) is 9.80 Å². The number of hydrogen-bond acceptors (Lipinski definition) is 3. The van der Waals surface area contributed by atoms with Crippen molar-refractivity contribution in [3.8, 4) is 0 Å². The van der Waals surface area contributed by atoms with Crippen LogP contribution in [-0.4, -0.2) is 46.6 Å². The van der Waals surface area contributed by atoms with Crippen molar-refractivity contribution < 1.29 is 35.8 Å². The molecule has 0 aromatic heterocycles. The van der Waals surface area contributed by atoms with Gasteiger partial charge in [0, 0.05) is 40.6 Å². The van der Waals surface area contributed by atoms with Crippen LogP contribution in [0.4, 0.5) is 0 Å². The van der Waals surface area contributed by atoms with Gasteiger partial charge in [-0.15, -0.1) is 6.54 Å². The van der Waals surface area contributed by atoms with Crippen LogP contribution in [0.3, 0.4) is 0 Å². The maximum absolute atomic E-state index is 11.9. The van der Waals surface area contributed by atoms with Crippen LogP contribution >= 0.6 is 0 Å². The van der Waals surface area contributed by atoms with Gasteiger partial charge in [0.25, 0.3) is 0 Å². The second kappa shape index (κ2) is 9.06. The molecular weight excluding hydrogens is 452 g/mol. The Morgan fingerprint density at radius 1 is 1.27 bits per heavy atom. The number of benzene rings is 1. The minimum atomic E-state index is -0.911. The van der Waals surface area contributed by atoms with E-state index in [1.807, 2.05) is 22.2 Å². The average molecular weight is 473 g/mol. The number of amides is 1. The van der Waals surface area contributed by atoms with Gasteiger partial charge in [-0.3, -0.25) is 9.80 Å². The van der Waals surface area contributed by atoms with E-state index in [0.29, 0.717) is 25.1 Å². The van der Waals surface area contributed by atoms with E-state index < -0.39 is 5.97 Å². The number of nitrogens with zero attached hydrogens (tertiary/aromatic N) is 2. The van der Waals surface area contributed by atoms with E-state index in [1.54, 1.807) is 12.1 Å². The zero-order chi connectivity index (χ0) is 15.2. The zero-order valence-corrected chi connectivity index (χ0v) is 15.5. The summed E-state index contributed by atoms with van der Waals surface area (Å²) in [5, 5.41) is 12.7. The Balaban J connectivity index is 0.00000242. The molecule has 0 bridgehead atoms. The second-order valence-electron chi connectivity index (χ2n) is 5.18. The van der Waals surface area contributed by atoms with E-state index in [9.17, 15) is 9.59 Å². The van der Waals surface area contributed by atoms with E-state index in [1.165, 1.54) is 0 Å². The predicted molar refractivity (Wildman–Crippen MR) is 79.6 cm³/mol. The first-order valence-electron chi connectivity index (χ1n) is 7.28. The van der Waals surface area contributed by atoms with E-state index in [-0.39, 0.29) is 27.0 Å². The molecule has 0 radical (unpaired) electrons. The molecule has 1 aromatic carbocycles. The van der Waals surface area contributed by atoms with Gasteiger partial charge in [0.15, 0.2) is 0 Å². The number of hydrazine groups is 1. The van der Waals surface area contributed by atoms with Crippen LogP contribution in [0, 0.1) is 6.92 Å². The standard InChI is InChI=1S/C16H21N2O3.W/c1-2-17-11-4-6-15(19)18(17)12-3-5-13-7-9-14(10-8-13)16(20)21;/h7-10H,1-6,11-12H2,(H,20,21);/q-1;. The fourth-order valence-electron chi connectivity index (χ4n) is 2.57. The van der Waals surface area contributed by atoms with Crippen LogP contribution in [0.25, 0.3) is 0 Å². The Hall–Kier alpha value is -1.19. The molecule has 1 saturated heterocycles. The summed E-state index contributed by atoms with van der Waals surface area (Å²) in [4.78, 5) is 22.7. The molecule has 0 atom stereocenters. The first kappa shape index (κ1) is 18.9. The van der Waals surface area contributed by atoms with Crippen molar-refractivity contribution in [1.29, 1.82) is 0 Å². The Bertz CT molecular complexity index is 505. The molecule has 1 aromatic rings. The molecular formula is C16H21N2O3W-. The van der Waals surface area contributed by atoms with Crippen molar-refractivity contribution in [3.63, 3.8) is 0 Å². The van der Waals surface area contributed by atoms with Crippen molar-refractivity contribution in [2.75, 3.05) is 19.6 Å². The van der Waals surface area contributed by atoms with Crippen LogP contribution in [0.5, 0.6) is 0 Å². The number of carboxylic acid groups (broad SMARTS) is 1. The third-order valence-electron chi connectivity index (χ3n) is 3.73. The summed E-state index contributed by atoms with van der Waals surface area (Å²) in [7, 11) is 0. The first-order valence-corrected chi connectivity index (χ1v) is 7.28. The second-order valence-corrected chi connectivity index (χ2v) is 5.18. The smallest absolute Gasteiger partial charge is 0.335 e. The summed E-state index contributed by atoms with van der Waals surface area (Å²) in [6.07, 6.45) is 3.20. The maximum atomic E-state index is 11.9. The van der Waals surface area contributed by atoms with Gasteiger partial charge >= 0.3 is 5.97 Å². The van der Waals surface area contributed by atoms with Crippen molar-refractivity contribution in [2.24, 2.45) is 0 Å². The monoisotopic (exact) mass is 473 g/mol. The number of aromatic carboxylic acids is 1. The number of aryl methyl sites for hydroxylation is 1. The van der Waals surface area contributed by atoms with Gasteiger partial charge in [0.2, 0.25) is 5.91 Å². The molecule has 0 aliphatic carbocycles. The molecule has 1 amide bonds. The normalized spacial score (nSPS) is 15.5. The van der Waals surface area contributed by atoms with Gasteiger partial charge in [0.05, 0.1) is 5.56 Å². The van der Waals surface area contributed by atoms with E-state index >= 15 is 0 Å². The van der Waals surface area contributed by atoms with Gasteiger partial charge < -0.3 is 12.0 Å². The number of carbonyl (C=O) groups excluding carboxylic acids is 1. The number of hydrogen-bond donors (Lipinski definition) is 1. The summed E-state index contributed by atoms with van der Waals surface area (Å²) < 4.78 is 0. The molecule has 1 N–H and O–H groups in total. The van der Waals surface area contributed by atoms with Gasteiger partial charge in [-0.05, 0) is 37.0 Å². The molecule has 5 nitrogen and oxygen atoms in total. The third kappa shape index (κ3) is 4.92. The van der Waals surface area contributed by atoms with E-state index in [0.717, 1.165) is 31.4 Å². The molecule has 1 heterocycles. The van der Waals surface area contributed by atoms with Gasteiger partial charge in [-0.1, -0.05) is 12.1 Å². The van der Waals surface area contributed by atoms with Crippen LogP contribution in [0.15, 0.2) is 24.3 Å². The quantitative estimate of drug-likeness (QED) is 0.643. The Kier molecular flexibility index (Phi) is 7.77. The summed E-state index contributed by atoms with van der Waals surface area (Å²) in [6, 6.07) is 6.90.